The third-order valence-corrected chi connectivity index (χ3v) is 2.98. The highest BCUT2D eigenvalue weighted by molar-refractivity contribution is 5.97. The van der Waals surface area contributed by atoms with Crippen LogP contribution >= 0.6 is 0 Å². The van der Waals surface area contributed by atoms with E-state index < -0.39 is 5.97 Å². The topological polar surface area (TPSA) is 54.4 Å². The summed E-state index contributed by atoms with van der Waals surface area (Å²) in [5.74, 6) is -0.559. The molecule has 0 fully saturated rings. The van der Waals surface area contributed by atoms with Crippen molar-refractivity contribution in [2.45, 2.75) is 39.0 Å². The van der Waals surface area contributed by atoms with Gasteiger partial charge in [-0.15, -0.1) is 0 Å². The van der Waals surface area contributed by atoms with Crippen LogP contribution in [0.4, 0.5) is 0 Å². The number of carboxylic acid groups (broad SMARTS) is 1. The van der Waals surface area contributed by atoms with E-state index in [4.69, 9.17) is 5.11 Å². The third-order valence-electron chi connectivity index (χ3n) is 2.98. The molecule has 3 heteroatoms. The van der Waals surface area contributed by atoms with Gasteiger partial charge in [-0.1, -0.05) is 38.1 Å². The van der Waals surface area contributed by atoms with Gasteiger partial charge in [0.15, 0.2) is 5.78 Å². The summed E-state index contributed by atoms with van der Waals surface area (Å²) in [5, 5.41) is 8.51. The monoisotopic (exact) mass is 234 g/mol. The number of benzene rings is 1. The van der Waals surface area contributed by atoms with E-state index in [1.165, 1.54) is 5.56 Å². The lowest BCUT2D eigenvalue weighted by molar-refractivity contribution is -0.136. The largest absolute Gasteiger partial charge is 0.481 e. The van der Waals surface area contributed by atoms with Gasteiger partial charge in [0.1, 0.15) is 0 Å². The first-order valence-corrected chi connectivity index (χ1v) is 5.89. The Balaban J connectivity index is 2.67. The highest BCUT2D eigenvalue weighted by Crippen LogP contribution is 2.19. The van der Waals surface area contributed by atoms with Crippen molar-refractivity contribution in [1.82, 2.24) is 0 Å². The maximum Gasteiger partial charge on any atom is 0.303 e. The fourth-order valence-electron chi connectivity index (χ4n) is 1.60. The minimum atomic E-state index is -0.936. The summed E-state index contributed by atoms with van der Waals surface area (Å²) in [7, 11) is 0. The van der Waals surface area contributed by atoms with Crippen molar-refractivity contribution in [2.75, 3.05) is 0 Å². The SMILES string of the molecule is CCC(C)c1ccc(C(=O)CCC(=O)O)cc1. The molecule has 92 valence electrons. The molecule has 0 aromatic heterocycles. The molecule has 1 N–H and O–H groups in total. The summed E-state index contributed by atoms with van der Waals surface area (Å²) in [6.07, 6.45) is 1.02. The van der Waals surface area contributed by atoms with Gasteiger partial charge >= 0.3 is 5.97 Å². The summed E-state index contributed by atoms with van der Waals surface area (Å²) in [6, 6.07) is 7.46. The van der Waals surface area contributed by atoms with Crippen molar-refractivity contribution >= 4 is 11.8 Å². The molecule has 3 nitrogen and oxygen atoms in total. The second-order valence-electron chi connectivity index (χ2n) is 4.25. The molecular formula is C14H18O3. The standard InChI is InChI=1S/C14H18O3/c1-3-10(2)11-4-6-12(7-5-11)13(15)8-9-14(16)17/h4-7,10H,3,8-9H2,1-2H3,(H,16,17). The maximum absolute atomic E-state index is 11.6. The number of Topliss-reactive ketones (excluding diaryl/α,β-unsaturated/α-hetero) is 1. The zero-order valence-electron chi connectivity index (χ0n) is 10.3. The van der Waals surface area contributed by atoms with E-state index in [1.54, 1.807) is 12.1 Å². The molecule has 0 aliphatic carbocycles. The number of ketones is 1. The van der Waals surface area contributed by atoms with E-state index in [1.807, 2.05) is 12.1 Å². The van der Waals surface area contributed by atoms with E-state index in [0.717, 1.165) is 6.42 Å². The van der Waals surface area contributed by atoms with Crippen LogP contribution < -0.4 is 0 Å². The second kappa shape index (κ2) is 6.18. The number of hydrogen-bond acceptors (Lipinski definition) is 2. The predicted molar refractivity (Wildman–Crippen MR) is 66.3 cm³/mol. The molecule has 0 heterocycles. The first-order chi connectivity index (χ1) is 8.04. The van der Waals surface area contributed by atoms with Crippen LogP contribution in [0.25, 0.3) is 0 Å². The molecule has 1 aromatic rings. The highest BCUT2D eigenvalue weighted by Gasteiger charge is 2.09. The molecular weight excluding hydrogens is 216 g/mol. The zero-order valence-corrected chi connectivity index (χ0v) is 10.3. The summed E-state index contributed by atoms with van der Waals surface area (Å²) < 4.78 is 0. The average molecular weight is 234 g/mol. The van der Waals surface area contributed by atoms with Gasteiger partial charge in [-0.05, 0) is 17.9 Å². The van der Waals surface area contributed by atoms with E-state index >= 15 is 0 Å². The number of rotatable bonds is 6. The summed E-state index contributed by atoms with van der Waals surface area (Å²) >= 11 is 0. The van der Waals surface area contributed by atoms with Gasteiger partial charge in [0.05, 0.1) is 6.42 Å². The van der Waals surface area contributed by atoms with Crippen LogP contribution in [0.3, 0.4) is 0 Å². The van der Waals surface area contributed by atoms with Crippen LogP contribution in [0, 0.1) is 0 Å². The minimum Gasteiger partial charge on any atom is -0.481 e. The molecule has 0 spiro atoms. The van der Waals surface area contributed by atoms with Crippen LogP contribution in [-0.2, 0) is 4.79 Å². The van der Waals surface area contributed by atoms with Gasteiger partial charge in [0.2, 0.25) is 0 Å². The molecule has 1 unspecified atom stereocenters. The first kappa shape index (κ1) is 13.4. The quantitative estimate of drug-likeness (QED) is 0.769. The number of carbonyl (C=O) groups is 2. The zero-order chi connectivity index (χ0) is 12.8. The normalized spacial score (nSPS) is 12.1. The molecule has 1 rings (SSSR count). The summed E-state index contributed by atoms with van der Waals surface area (Å²) in [4.78, 5) is 22.0. The Kier molecular flexibility index (Phi) is 4.88. The van der Waals surface area contributed by atoms with E-state index in [2.05, 4.69) is 13.8 Å². The lowest BCUT2D eigenvalue weighted by Gasteiger charge is -2.09. The Morgan fingerprint density at radius 1 is 1.18 bits per heavy atom. The average Bonchev–Trinajstić information content (AvgIpc) is 2.35. The molecule has 1 atom stereocenters. The van der Waals surface area contributed by atoms with E-state index in [0.29, 0.717) is 11.5 Å². The van der Waals surface area contributed by atoms with Gasteiger partial charge in [-0.25, -0.2) is 0 Å². The Bertz CT molecular complexity index is 392. The molecule has 17 heavy (non-hydrogen) atoms. The Labute approximate surface area is 101 Å². The van der Waals surface area contributed by atoms with Gasteiger partial charge in [0.25, 0.3) is 0 Å². The van der Waals surface area contributed by atoms with Crippen molar-refractivity contribution < 1.29 is 14.7 Å². The van der Waals surface area contributed by atoms with Crippen molar-refractivity contribution in [1.29, 1.82) is 0 Å². The van der Waals surface area contributed by atoms with Crippen LogP contribution in [0.15, 0.2) is 24.3 Å². The predicted octanol–water partition coefficient (Wildman–Crippen LogP) is 3.25. The van der Waals surface area contributed by atoms with Gasteiger partial charge in [-0.3, -0.25) is 9.59 Å². The number of carboxylic acids is 1. The summed E-state index contributed by atoms with van der Waals surface area (Å²) in [5.41, 5.74) is 1.81. The molecule has 0 radical (unpaired) electrons. The summed E-state index contributed by atoms with van der Waals surface area (Å²) in [6.45, 7) is 4.26. The van der Waals surface area contributed by atoms with Crippen molar-refractivity contribution in [3.8, 4) is 0 Å². The van der Waals surface area contributed by atoms with Gasteiger partial charge in [0, 0.05) is 12.0 Å². The van der Waals surface area contributed by atoms with Gasteiger partial charge < -0.3 is 5.11 Å². The maximum atomic E-state index is 11.6. The first-order valence-electron chi connectivity index (χ1n) is 5.89. The molecule has 0 saturated carbocycles. The fourth-order valence-corrected chi connectivity index (χ4v) is 1.60. The van der Waals surface area contributed by atoms with Crippen LogP contribution in [-0.4, -0.2) is 16.9 Å². The minimum absolute atomic E-state index is 0.0675. The van der Waals surface area contributed by atoms with Crippen molar-refractivity contribution in [3.63, 3.8) is 0 Å². The number of carbonyl (C=O) groups excluding carboxylic acids is 1. The van der Waals surface area contributed by atoms with Crippen LogP contribution in [0.2, 0.25) is 0 Å². The van der Waals surface area contributed by atoms with Crippen molar-refractivity contribution in [2.24, 2.45) is 0 Å². The Hall–Kier alpha value is -1.64. The molecule has 0 aliphatic rings. The van der Waals surface area contributed by atoms with E-state index in [-0.39, 0.29) is 18.6 Å². The Morgan fingerprint density at radius 3 is 2.24 bits per heavy atom. The molecule has 0 bridgehead atoms. The lowest BCUT2D eigenvalue weighted by Crippen LogP contribution is -2.04. The number of hydrogen-bond donors (Lipinski definition) is 1. The Morgan fingerprint density at radius 2 is 1.76 bits per heavy atom. The molecule has 1 aromatic carbocycles. The van der Waals surface area contributed by atoms with Crippen LogP contribution in [0.5, 0.6) is 0 Å². The number of aliphatic carboxylic acids is 1. The van der Waals surface area contributed by atoms with Gasteiger partial charge in [-0.2, -0.15) is 0 Å². The highest BCUT2D eigenvalue weighted by atomic mass is 16.4. The second-order valence-corrected chi connectivity index (χ2v) is 4.25. The lowest BCUT2D eigenvalue weighted by atomic mass is 9.96. The fraction of sp³-hybridized carbons (Fsp3) is 0.429. The molecule has 0 saturated heterocycles. The molecule has 0 amide bonds. The molecule has 0 aliphatic heterocycles. The van der Waals surface area contributed by atoms with Crippen LogP contribution in [0.1, 0.15) is 54.9 Å². The van der Waals surface area contributed by atoms with E-state index in [9.17, 15) is 9.59 Å². The van der Waals surface area contributed by atoms with Crippen molar-refractivity contribution in [3.05, 3.63) is 35.4 Å². The third kappa shape index (κ3) is 4.02. The smallest absolute Gasteiger partial charge is 0.303 e.